The molecule has 0 fully saturated rings. The first kappa shape index (κ1) is 24.2. The molecule has 0 amide bonds. The minimum atomic E-state index is -2.08. The van der Waals surface area contributed by atoms with Gasteiger partial charge < -0.3 is 9.16 Å². The third-order valence-corrected chi connectivity index (χ3v) is 10.1. The molecule has 0 unspecified atom stereocenters. The van der Waals surface area contributed by atoms with Crippen molar-refractivity contribution >= 4 is 19.9 Å². The molecule has 0 bridgehead atoms. The maximum atomic E-state index is 12.7. The molecule has 2 aromatic carbocycles. The Kier molecular flexibility index (Phi) is 8.71. The van der Waals surface area contributed by atoms with Crippen LogP contribution in [-0.4, -0.2) is 26.5 Å². The van der Waals surface area contributed by atoms with Crippen molar-refractivity contribution in [3.05, 3.63) is 71.8 Å². The van der Waals surface area contributed by atoms with Gasteiger partial charge in [0.2, 0.25) is 0 Å². The summed E-state index contributed by atoms with van der Waals surface area (Å²) in [4.78, 5) is 24.9. The smallest absolute Gasteiger partial charge is 0.192 e. The Balaban J connectivity index is 1.94. The molecule has 0 saturated heterocycles. The minimum absolute atomic E-state index is 0.0319. The average Bonchev–Trinajstić information content (AvgIpc) is 2.68. The van der Waals surface area contributed by atoms with Crippen LogP contribution in [0.3, 0.4) is 0 Å². The van der Waals surface area contributed by atoms with Gasteiger partial charge >= 0.3 is 0 Å². The molecular weight excluding hydrogens is 392 g/mol. The first-order chi connectivity index (χ1) is 14.1. The number of benzene rings is 2. The molecule has 4 nitrogen and oxygen atoms in total. The van der Waals surface area contributed by atoms with Crippen LogP contribution < -0.4 is 0 Å². The maximum Gasteiger partial charge on any atom is 0.192 e. The van der Waals surface area contributed by atoms with Crippen LogP contribution in [0.15, 0.2) is 60.7 Å². The van der Waals surface area contributed by atoms with Crippen molar-refractivity contribution in [3.63, 3.8) is 0 Å². The van der Waals surface area contributed by atoms with Gasteiger partial charge in [0.05, 0.1) is 19.1 Å². The van der Waals surface area contributed by atoms with E-state index in [-0.39, 0.29) is 42.2 Å². The Morgan fingerprint density at radius 2 is 1.47 bits per heavy atom. The Labute approximate surface area is 181 Å². The standard InChI is InChI=1S/C25H34O4Si/c1-25(2,3)30(4,5)29-24(21-14-10-7-11-15-21)17-22(26)16-23(27)19-28-18-20-12-8-6-9-13-20/h6-15,24H,16-19H2,1-5H3/t24-/m0/s1. The predicted octanol–water partition coefficient (Wildman–Crippen LogP) is 5.88. The van der Waals surface area contributed by atoms with E-state index in [1.165, 1.54) is 0 Å². The van der Waals surface area contributed by atoms with Crippen LogP contribution >= 0.6 is 0 Å². The van der Waals surface area contributed by atoms with E-state index in [1.54, 1.807) is 0 Å². The van der Waals surface area contributed by atoms with Gasteiger partial charge in [-0.3, -0.25) is 9.59 Å². The molecule has 2 aromatic rings. The summed E-state index contributed by atoms with van der Waals surface area (Å²) in [5, 5.41) is 0.0319. The van der Waals surface area contributed by atoms with E-state index < -0.39 is 8.32 Å². The lowest BCUT2D eigenvalue weighted by Crippen LogP contribution is -2.42. The largest absolute Gasteiger partial charge is 0.409 e. The molecule has 1 atom stereocenters. The van der Waals surface area contributed by atoms with Crippen LogP contribution in [-0.2, 0) is 25.4 Å². The highest BCUT2D eigenvalue weighted by Gasteiger charge is 2.39. The molecule has 0 aliphatic rings. The topological polar surface area (TPSA) is 52.6 Å². The first-order valence-electron chi connectivity index (χ1n) is 10.5. The zero-order valence-corrected chi connectivity index (χ0v) is 19.8. The highest BCUT2D eigenvalue weighted by molar-refractivity contribution is 6.74. The lowest BCUT2D eigenvalue weighted by Gasteiger charge is -2.39. The number of ketones is 2. The fourth-order valence-electron chi connectivity index (χ4n) is 2.83. The fraction of sp³-hybridized carbons (Fsp3) is 0.440. The third-order valence-electron chi connectivity index (χ3n) is 5.60. The van der Waals surface area contributed by atoms with E-state index in [0.717, 1.165) is 11.1 Å². The summed E-state index contributed by atoms with van der Waals surface area (Å²) in [5.74, 6) is -0.314. The summed E-state index contributed by atoms with van der Waals surface area (Å²) in [7, 11) is -2.08. The molecular formula is C25H34O4Si. The second-order valence-electron chi connectivity index (χ2n) is 9.21. The van der Waals surface area contributed by atoms with Crippen molar-refractivity contribution in [2.75, 3.05) is 6.61 Å². The highest BCUT2D eigenvalue weighted by atomic mass is 28.4. The Morgan fingerprint density at radius 3 is 2.03 bits per heavy atom. The van der Waals surface area contributed by atoms with Gasteiger partial charge in [0.25, 0.3) is 0 Å². The summed E-state index contributed by atoms with van der Waals surface area (Å²) < 4.78 is 12.0. The number of carbonyl (C=O) groups excluding carboxylic acids is 2. The molecule has 162 valence electrons. The van der Waals surface area contributed by atoms with E-state index in [4.69, 9.17) is 9.16 Å². The molecule has 0 radical (unpaired) electrons. The molecule has 0 saturated carbocycles. The maximum absolute atomic E-state index is 12.7. The number of Topliss-reactive ketones (excluding diaryl/α,β-unsaturated/α-hetero) is 2. The molecule has 0 aromatic heterocycles. The van der Waals surface area contributed by atoms with Crippen molar-refractivity contribution < 1.29 is 18.8 Å². The molecule has 0 aliphatic carbocycles. The second-order valence-corrected chi connectivity index (χ2v) is 14.0. The van der Waals surface area contributed by atoms with Crippen molar-refractivity contribution in [3.8, 4) is 0 Å². The van der Waals surface area contributed by atoms with E-state index >= 15 is 0 Å². The van der Waals surface area contributed by atoms with Crippen molar-refractivity contribution in [2.45, 2.75) is 64.5 Å². The van der Waals surface area contributed by atoms with Gasteiger partial charge in [0, 0.05) is 6.42 Å². The van der Waals surface area contributed by atoms with Crippen LogP contribution in [0.4, 0.5) is 0 Å². The summed E-state index contributed by atoms with van der Waals surface area (Å²) >= 11 is 0. The van der Waals surface area contributed by atoms with Crippen LogP contribution in [0.2, 0.25) is 18.1 Å². The molecule has 0 spiro atoms. The van der Waals surface area contributed by atoms with Crippen molar-refractivity contribution in [2.24, 2.45) is 0 Å². The third kappa shape index (κ3) is 7.63. The highest BCUT2D eigenvalue weighted by Crippen LogP contribution is 2.40. The van der Waals surface area contributed by atoms with Gasteiger partial charge in [-0.25, -0.2) is 0 Å². The van der Waals surface area contributed by atoms with Crippen molar-refractivity contribution in [1.82, 2.24) is 0 Å². The number of hydrogen-bond donors (Lipinski definition) is 0. The predicted molar refractivity (Wildman–Crippen MR) is 123 cm³/mol. The van der Waals surface area contributed by atoms with Gasteiger partial charge in [-0.15, -0.1) is 0 Å². The zero-order chi connectivity index (χ0) is 22.2. The number of ether oxygens (including phenoxy) is 1. The molecule has 0 heterocycles. The quantitative estimate of drug-likeness (QED) is 0.332. The Hall–Kier alpha value is -2.08. The lowest BCUT2D eigenvalue weighted by atomic mass is 10.0. The van der Waals surface area contributed by atoms with Gasteiger partial charge in [0.15, 0.2) is 14.1 Å². The second kappa shape index (κ2) is 10.8. The molecule has 2 rings (SSSR count). The van der Waals surface area contributed by atoms with Crippen LogP contribution in [0.25, 0.3) is 0 Å². The van der Waals surface area contributed by atoms with Gasteiger partial charge in [-0.05, 0) is 29.3 Å². The summed E-state index contributed by atoms with van der Waals surface area (Å²) in [5.41, 5.74) is 1.98. The van der Waals surface area contributed by atoms with Crippen LogP contribution in [0.5, 0.6) is 0 Å². The number of hydrogen-bond acceptors (Lipinski definition) is 4. The number of carbonyl (C=O) groups is 2. The number of rotatable bonds is 11. The van der Waals surface area contributed by atoms with Gasteiger partial charge in [0.1, 0.15) is 12.4 Å². The fourth-order valence-corrected chi connectivity index (χ4v) is 4.12. The van der Waals surface area contributed by atoms with E-state index in [1.807, 2.05) is 60.7 Å². The Bertz CT molecular complexity index is 810. The van der Waals surface area contributed by atoms with Crippen molar-refractivity contribution in [1.29, 1.82) is 0 Å². The Morgan fingerprint density at radius 1 is 0.900 bits per heavy atom. The lowest BCUT2D eigenvalue weighted by molar-refractivity contribution is -0.130. The summed E-state index contributed by atoms with van der Waals surface area (Å²) in [6, 6.07) is 19.5. The van der Waals surface area contributed by atoms with Crippen LogP contribution in [0.1, 0.15) is 50.8 Å². The SMILES string of the molecule is CC(C)(C)[Si](C)(C)O[C@@H](CC(=O)CC(=O)COCc1ccccc1)c1ccccc1. The molecule has 0 aliphatic heterocycles. The average molecular weight is 427 g/mol. The molecule has 30 heavy (non-hydrogen) atoms. The van der Waals surface area contributed by atoms with Gasteiger partial charge in [-0.1, -0.05) is 81.4 Å². The minimum Gasteiger partial charge on any atom is -0.409 e. The van der Waals surface area contributed by atoms with E-state index in [0.29, 0.717) is 6.61 Å². The van der Waals surface area contributed by atoms with Gasteiger partial charge in [-0.2, -0.15) is 0 Å². The van der Waals surface area contributed by atoms with Crippen LogP contribution in [0, 0.1) is 0 Å². The molecule has 0 N–H and O–H groups in total. The summed E-state index contributed by atoms with van der Waals surface area (Å²) in [6.45, 7) is 11.2. The zero-order valence-electron chi connectivity index (χ0n) is 18.8. The molecule has 5 heteroatoms. The summed E-state index contributed by atoms with van der Waals surface area (Å²) in [6.07, 6.45) is -0.266. The first-order valence-corrected chi connectivity index (χ1v) is 13.4. The van der Waals surface area contributed by atoms with E-state index in [9.17, 15) is 9.59 Å². The normalized spacial score (nSPS) is 13.1. The van der Waals surface area contributed by atoms with E-state index in [2.05, 4.69) is 33.9 Å². The monoisotopic (exact) mass is 426 g/mol.